The average Bonchev–Trinajstić information content (AvgIpc) is 2.45. The highest BCUT2D eigenvalue weighted by Gasteiger charge is 2.21. The summed E-state index contributed by atoms with van der Waals surface area (Å²) in [6.07, 6.45) is 3.59. The van der Waals surface area contributed by atoms with Gasteiger partial charge in [0.2, 0.25) is 0 Å². The van der Waals surface area contributed by atoms with E-state index in [4.69, 9.17) is 4.74 Å². The molecule has 1 amide bonds. The van der Waals surface area contributed by atoms with Crippen LogP contribution in [0, 0.1) is 0 Å². The normalized spacial score (nSPS) is 21.0. The minimum atomic E-state index is -0.0660. The van der Waals surface area contributed by atoms with Crippen LogP contribution in [0.2, 0.25) is 0 Å². The van der Waals surface area contributed by atoms with Gasteiger partial charge < -0.3 is 15.4 Å². The highest BCUT2D eigenvalue weighted by molar-refractivity contribution is 5.97. The maximum Gasteiger partial charge on any atom is 0.255 e. The zero-order valence-corrected chi connectivity index (χ0v) is 13.1. The van der Waals surface area contributed by atoms with Crippen LogP contribution in [0.4, 0.5) is 0 Å². The molecule has 2 N–H and O–H groups in total. The Morgan fingerprint density at radius 2 is 2.29 bits per heavy atom. The molecule has 1 aliphatic heterocycles. The Kier molecular flexibility index (Phi) is 7.26. The third kappa shape index (κ3) is 5.06. The van der Waals surface area contributed by atoms with Crippen molar-refractivity contribution in [2.75, 3.05) is 13.2 Å². The van der Waals surface area contributed by atoms with Crippen molar-refractivity contribution < 1.29 is 9.53 Å². The van der Waals surface area contributed by atoms with Crippen LogP contribution in [0.1, 0.15) is 30.1 Å². The maximum absolute atomic E-state index is 12.4. The van der Waals surface area contributed by atoms with E-state index >= 15 is 0 Å². The number of carbonyl (C=O) groups is 1. The molecule has 1 aromatic rings. The lowest BCUT2D eigenvalue weighted by Gasteiger charge is -2.28. The molecule has 1 heterocycles. The molecule has 2 unspecified atom stereocenters. The molecule has 116 valence electrons. The summed E-state index contributed by atoms with van der Waals surface area (Å²) in [7, 11) is 0. The monoisotopic (exact) mass is 310 g/mol. The number of hydrogen-bond donors (Lipinski definition) is 2. The van der Waals surface area contributed by atoms with Crippen LogP contribution in [0.5, 0.6) is 5.75 Å². The number of hydrogen-bond acceptors (Lipinski definition) is 3. The molecule has 1 saturated heterocycles. The van der Waals surface area contributed by atoms with Gasteiger partial charge in [0.05, 0.1) is 5.56 Å². The third-order valence-electron chi connectivity index (χ3n) is 3.45. The molecule has 2 atom stereocenters. The average molecular weight is 311 g/mol. The molecule has 21 heavy (non-hydrogen) atoms. The molecule has 0 radical (unpaired) electrons. The fraction of sp³-hybridized carbons (Fsp3) is 0.438. The summed E-state index contributed by atoms with van der Waals surface area (Å²) in [6, 6.07) is 7.98. The lowest BCUT2D eigenvalue weighted by Crippen LogP contribution is -2.46. The Hall–Kier alpha value is -1.52. The Morgan fingerprint density at radius 1 is 1.52 bits per heavy atom. The lowest BCUT2D eigenvalue weighted by molar-refractivity contribution is 0.0922. The molecule has 0 aliphatic carbocycles. The Labute approximate surface area is 132 Å². The van der Waals surface area contributed by atoms with Gasteiger partial charge in [-0.2, -0.15) is 0 Å². The fourth-order valence-corrected chi connectivity index (χ4v) is 2.45. The quantitative estimate of drug-likeness (QED) is 0.822. The predicted molar refractivity (Wildman–Crippen MR) is 87.3 cm³/mol. The Balaban J connectivity index is 0.00000220. The maximum atomic E-state index is 12.4. The first-order valence-corrected chi connectivity index (χ1v) is 7.07. The number of benzene rings is 1. The van der Waals surface area contributed by atoms with Crippen LogP contribution < -0.4 is 15.4 Å². The van der Waals surface area contributed by atoms with Crippen molar-refractivity contribution in [2.24, 2.45) is 0 Å². The van der Waals surface area contributed by atoms with Gasteiger partial charge in [-0.05, 0) is 38.4 Å². The molecule has 0 bridgehead atoms. The van der Waals surface area contributed by atoms with Gasteiger partial charge in [-0.15, -0.1) is 12.4 Å². The van der Waals surface area contributed by atoms with Gasteiger partial charge in [0.1, 0.15) is 12.4 Å². The van der Waals surface area contributed by atoms with Crippen LogP contribution in [0.25, 0.3) is 0 Å². The summed E-state index contributed by atoms with van der Waals surface area (Å²) in [4.78, 5) is 12.4. The second-order valence-corrected chi connectivity index (χ2v) is 5.15. The molecule has 4 nitrogen and oxygen atoms in total. The number of carbonyl (C=O) groups excluding carboxylic acids is 1. The molecule has 1 aromatic carbocycles. The van der Waals surface area contributed by atoms with Crippen LogP contribution >= 0.6 is 12.4 Å². The van der Waals surface area contributed by atoms with Crippen LogP contribution in [-0.2, 0) is 0 Å². The van der Waals surface area contributed by atoms with Crippen molar-refractivity contribution in [3.63, 3.8) is 0 Å². The number of amides is 1. The van der Waals surface area contributed by atoms with E-state index in [1.807, 2.05) is 18.2 Å². The van der Waals surface area contributed by atoms with Gasteiger partial charge >= 0.3 is 0 Å². The molecule has 5 heteroatoms. The first-order chi connectivity index (χ1) is 9.70. The fourth-order valence-electron chi connectivity index (χ4n) is 2.45. The van der Waals surface area contributed by atoms with E-state index in [2.05, 4.69) is 24.1 Å². The number of para-hydroxylation sites is 1. The number of halogens is 1. The zero-order valence-electron chi connectivity index (χ0n) is 12.3. The predicted octanol–water partition coefficient (Wildman–Crippen LogP) is 2.54. The Bertz CT molecular complexity index is 479. The molecule has 0 aromatic heterocycles. The molecule has 0 spiro atoms. The first kappa shape index (κ1) is 17.5. The topological polar surface area (TPSA) is 50.4 Å². The van der Waals surface area contributed by atoms with Crippen molar-refractivity contribution in [1.82, 2.24) is 10.6 Å². The number of rotatable bonds is 5. The SMILES string of the molecule is C=CCOc1ccccc1C(=O)NC1CCNC(C)C1.Cl. The van der Waals surface area contributed by atoms with Gasteiger partial charge in [-0.25, -0.2) is 0 Å². The van der Waals surface area contributed by atoms with E-state index in [-0.39, 0.29) is 24.4 Å². The van der Waals surface area contributed by atoms with E-state index in [0.717, 1.165) is 19.4 Å². The smallest absolute Gasteiger partial charge is 0.255 e. The lowest BCUT2D eigenvalue weighted by atomic mass is 10.00. The number of piperidine rings is 1. The van der Waals surface area contributed by atoms with E-state index < -0.39 is 0 Å². The van der Waals surface area contributed by atoms with E-state index in [1.165, 1.54) is 0 Å². The molecular weight excluding hydrogens is 288 g/mol. The van der Waals surface area contributed by atoms with Gasteiger partial charge in [0.25, 0.3) is 5.91 Å². The van der Waals surface area contributed by atoms with Crippen molar-refractivity contribution in [1.29, 1.82) is 0 Å². The van der Waals surface area contributed by atoms with Gasteiger partial charge in [0.15, 0.2) is 0 Å². The summed E-state index contributed by atoms with van der Waals surface area (Å²) in [5, 5.41) is 6.47. The zero-order chi connectivity index (χ0) is 14.4. The van der Waals surface area contributed by atoms with Crippen LogP contribution in [-0.4, -0.2) is 31.1 Å². The van der Waals surface area contributed by atoms with Crippen molar-refractivity contribution >= 4 is 18.3 Å². The van der Waals surface area contributed by atoms with Crippen LogP contribution in [0.3, 0.4) is 0 Å². The summed E-state index contributed by atoms with van der Waals surface area (Å²) in [6.45, 7) is 7.10. The van der Waals surface area contributed by atoms with E-state index in [9.17, 15) is 4.79 Å². The molecule has 0 saturated carbocycles. The molecule has 1 aliphatic rings. The number of ether oxygens (including phenoxy) is 1. The highest BCUT2D eigenvalue weighted by atomic mass is 35.5. The van der Waals surface area contributed by atoms with Gasteiger partial charge in [-0.3, -0.25) is 4.79 Å². The van der Waals surface area contributed by atoms with E-state index in [1.54, 1.807) is 12.1 Å². The van der Waals surface area contributed by atoms with E-state index in [0.29, 0.717) is 24.0 Å². The van der Waals surface area contributed by atoms with Gasteiger partial charge in [0, 0.05) is 12.1 Å². The third-order valence-corrected chi connectivity index (χ3v) is 3.45. The highest BCUT2D eigenvalue weighted by Crippen LogP contribution is 2.19. The summed E-state index contributed by atoms with van der Waals surface area (Å²) in [5.74, 6) is 0.538. The summed E-state index contributed by atoms with van der Waals surface area (Å²) in [5.41, 5.74) is 0.584. The van der Waals surface area contributed by atoms with Crippen molar-refractivity contribution in [3.8, 4) is 5.75 Å². The minimum Gasteiger partial charge on any atom is -0.489 e. The largest absolute Gasteiger partial charge is 0.489 e. The number of nitrogens with one attached hydrogen (secondary N) is 2. The minimum absolute atomic E-state index is 0. The molecule has 2 rings (SSSR count). The molecule has 1 fully saturated rings. The summed E-state index contributed by atoms with van der Waals surface area (Å²) >= 11 is 0. The second-order valence-electron chi connectivity index (χ2n) is 5.15. The Morgan fingerprint density at radius 3 is 3.00 bits per heavy atom. The standard InChI is InChI=1S/C16H22N2O2.ClH/c1-3-10-20-15-7-5-4-6-14(15)16(19)18-13-8-9-17-12(2)11-13;/h3-7,12-13,17H,1,8-11H2,2H3,(H,18,19);1H. The van der Waals surface area contributed by atoms with Crippen molar-refractivity contribution in [3.05, 3.63) is 42.5 Å². The van der Waals surface area contributed by atoms with Gasteiger partial charge in [-0.1, -0.05) is 24.8 Å². The molecular formula is C16H23ClN2O2. The first-order valence-electron chi connectivity index (χ1n) is 7.07. The van der Waals surface area contributed by atoms with Crippen molar-refractivity contribution in [2.45, 2.75) is 31.8 Å². The van der Waals surface area contributed by atoms with Crippen LogP contribution in [0.15, 0.2) is 36.9 Å². The second kappa shape index (κ2) is 8.70. The summed E-state index contributed by atoms with van der Waals surface area (Å²) < 4.78 is 5.53.